The van der Waals surface area contributed by atoms with Gasteiger partial charge in [0.1, 0.15) is 6.73 Å². The summed E-state index contributed by atoms with van der Waals surface area (Å²) in [6.07, 6.45) is 1.84. The maximum atomic E-state index is 13.8. The second kappa shape index (κ2) is 11.2. The second-order valence-electron chi connectivity index (χ2n) is 11.9. The van der Waals surface area contributed by atoms with Crippen molar-refractivity contribution in [1.29, 1.82) is 0 Å². The summed E-state index contributed by atoms with van der Waals surface area (Å²) in [4.78, 5) is 31.8. The van der Waals surface area contributed by atoms with E-state index in [4.69, 9.17) is 9.84 Å². The first-order valence-electron chi connectivity index (χ1n) is 13.8. The van der Waals surface area contributed by atoms with E-state index in [1.807, 2.05) is 36.4 Å². The van der Waals surface area contributed by atoms with Crippen LogP contribution < -0.4 is 16.6 Å². The number of hydrogen-bond donors (Lipinski definition) is 2. The van der Waals surface area contributed by atoms with Crippen LogP contribution in [0.2, 0.25) is 25.7 Å². The Labute approximate surface area is 234 Å². The van der Waals surface area contributed by atoms with E-state index >= 15 is 0 Å². The van der Waals surface area contributed by atoms with Crippen molar-refractivity contribution in [2.24, 2.45) is 14.1 Å². The standard InChI is InChI=1S/C28H39N7O4Si/c1-32-24-25(30-27(32)29-20-11-12-22(36)15-20)33(2)28(38)34(26(24)37)17-21-16-23(19-9-7-6-8-10-19)31-35(21)18-39-13-14-40(3,4)5/h6-10,16,20,22,36H,11-15,17-18H2,1-5H3,(H,29,30)/t20-,22+/m1/s1. The highest BCUT2D eigenvalue weighted by Gasteiger charge is 2.26. The van der Waals surface area contributed by atoms with E-state index in [9.17, 15) is 14.7 Å². The summed E-state index contributed by atoms with van der Waals surface area (Å²) in [7, 11) is 2.14. The number of anilines is 1. The van der Waals surface area contributed by atoms with Crippen LogP contribution in [-0.4, -0.2) is 60.4 Å². The van der Waals surface area contributed by atoms with Gasteiger partial charge in [0, 0.05) is 40.4 Å². The molecule has 1 aliphatic carbocycles. The van der Waals surface area contributed by atoms with E-state index in [1.54, 1.807) is 23.3 Å². The second-order valence-corrected chi connectivity index (χ2v) is 17.6. The van der Waals surface area contributed by atoms with Gasteiger partial charge in [-0.1, -0.05) is 50.0 Å². The minimum Gasteiger partial charge on any atom is -0.393 e. The molecule has 0 radical (unpaired) electrons. The van der Waals surface area contributed by atoms with Crippen molar-refractivity contribution >= 4 is 25.2 Å². The van der Waals surface area contributed by atoms with Crippen LogP contribution in [0.4, 0.5) is 5.95 Å². The number of benzene rings is 1. The van der Waals surface area contributed by atoms with Crippen LogP contribution in [0.15, 0.2) is 46.0 Å². The predicted molar refractivity (Wildman–Crippen MR) is 158 cm³/mol. The fourth-order valence-electron chi connectivity index (χ4n) is 5.12. The van der Waals surface area contributed by atoms with Crippen LogP contribution in [0.25, 0.3) is 22.4 Å². The number of aromatic nitrogens is 6. The number of imidazole rings is 1. The van der Waals surface area contributed by atoms with Crippen molar-refractivity contribution in [2.45, 2.75) is 70.4 Å². The number of nitrogens with zero attached hydrogens (tertiary/aromatic N) is 6. The van der Waals surface area contributed by atoms with Crippen LogP contribution in [0.3, 0.4) is 0 Å². The molecule has 0 amide bonds. The highest BCUT2D eigenvalue weighted by atomic mass is 28.3. The molecule has 0 spiro atoms. The lowest BCUT2D eigenvalue weighted by atomic mass is 10.1. The molecule has 0 bridgehead atoms. The number of hydrogen-bond acceptors (Lipinski definition) is 7. The molecule has 2 atom stereocenters. The summed E-state index contributed by atoms with van der Waals surface area (Å²) >= 11 is 0. The molecule has 3 heterocycles. The Bertz CT molecular complexity index is 1610. The number of aryl methyl sites for hydroxylation is 2. The van der Waals surface area contributed by atoms with Gasteiger partial charge >= 0.3 is 5.69 Å². The Hall–Kier alpha value is -3.48. The predicted octanol–water partition coefficient (Wildman–Crippen LogP) is 2.98. The van der Waals surface area contributed by atoms with Gasteiger partial charge in [-0.15, -0.1) is 0 Å². The van der Waals surface area contributed by atoms with E-state index < -0.39 is 19.3 Å². The van der Waals surface area contributed by atoms with Crippen LogP contribution in [0.5, 0.6) is 0 Å². The molecule has 5 rings (SSSR count). The highest BCUT2D eigenvalue weighted by molar-refractivity contribution is 6.76. The smallest absolute Gasteiger partial charge is 0.332 e. The lowest BCUT2D eigenvalue weighted by Gasteiger charge is -2.16. The van der Waals surface area contributed by atoms with E-state index in [2.05, 4.69) is 29.9 Å². The Morgan fingerprint density at radius 2 is 1.85 bits per heavy atom. The Kier molecular flexibility index (Phi) is 7.84. The number of ether oxygens (including phenoxy) is 1. The molecule has 4 aromatic rings. The van der Waals surface area contributed by atoms with E-state index in [1.165, 1.54) is 9.13 Å². The Balaban J connectivity index is 1.50. The fourth-order valence-corrected chi connectivity index (χ4v) is 5.88. The molecule has 11 nitrogen and oxygen atoms in total. The first kappa shape index (κ1) is 28.1. The summed E-state index contributed by atoms with van der Waals surface area (Å²) in [6.45, 7) is 7.82. The van der Waals surface area contributed by atoms with E-state index in [-0.39, 0.29) is 25.4 Å². The summed E-state index contributed by atoms with van der Waals surface area (Å²) in [5.41, 5.74) is 2.19. The normalized spacial score (nSPS) is 17.6. The summed E-state index contributed by atoms with van der Waals surface area (Å²) < 4.78 is 12.1. The first-order chi connectivity index (χ1) is 19.0. The largest absolute Gasteiger partial charge is 0.393 e. The van der Waals surface area contributed by atoms with Crippen LogP contribution in [0, 0.1) is 0 Å². The van der Waals surface area contributed by atoms with Gasteiger partial charge in [-0.3, -0.25) is 13.9 Å². The summed E-state index contributed by atoms with van der Waals surface area (Å²) in [5, 5.41) is 18.0. The Morgan fingerprint density at radius 1 is 1.10 bits per heavy atom. The number of aliphatic hydroxyl groups excluding tert-OH is 1. The SMILES string of the molecule is Cn1c(N[C@@H]2CC[C@H](O)C2)nc2c1c(=O)n(Cc1cc(-c3ccccc3)nn1COCC[Si](C)(C)C)c(=O)n2C. The molecular formula is C28H39N7O4Si. The van der Waals surface area contributed by atoms with Gasteiger partial charge < -0.3 is 19.7 Å². The van der Waals surface area contributed by atoms with Gasteiger partial charge in [0.25, 0.3) is 5.56 Å². The minimum absolute atomic E-state index is 0.0431. The van der Waals surface area contributed by atoms with Crippen molar-refractivity contribution in [3.63, 3.8) is 0 Å². The molecule has 0 aliphatic heterocycles. The monoisotopic (exact) mass is 565 g/mol. The lowest BCUT2D eigenvalue weighted by molar-refractivity contribution is 0.0764. The van der Waals surface area contributed by atoms with Crippen molar-refractivity contribution < 1.29 is 9.84 Å². The molecular weight excluding hydrogens is 526 g/mol. The van der Waals surface area contributed by atoms with Crippen LogP contribution >= 0.6 is 0 Å². The highest BCUT2D eigenvalue weighted by Crippen LogP contribution is 2.24. The molecule has 214 valence electrons. The molecule has 2 N–H and O–H groups in total. The van der Waals surface area contributed by atoms with Gasteiger partial charge in [-0.2, -0.15) is 10.1 Å². The topological polar surface area (TPSA) is 121 Å². The van der Waals surface area contributed by atoms with Crippen molar-refractivity contribution in [2.75, 3.05) is 11.9 Å². The molecule has 0 saturated heterocycles. The summed E-state index contributed by atoms with van der Waals surface area (Å²) in [6, 6.07) is 12.8. The fraction of sp³-hybridized carbons (Fsp3) is 0.500. The number of nitrogens with one attached hydrogen (secondary N) is 1. The minimum atomic E-state index is -1.25. The summed E-state index contributed by atoms with van der Waals surface area (Å²) in [5.74, 6) is 0.506. The first-order valence-corrected chi connectivity index (χ1v) is 17.5. The van der Waals surface area contributed by atoms with Crippen LogP contribution in [0.1, 0.15) is 25.0 Å². The lowest BCUT2D eigenvalue weighted by Crippen LogP contribution is -2.40. The maximum absolute atomic E-state index is 13.8. The van der Waals surface area contributed by atoms with Gasteiger partial charge in [0.05, 0.1) is 24.0 Å². The average molecular weight is 566 g/mol. The molecule has 1 aliphatic rings. The molecule has 1 saturated carbocycles. The molecule has 1 fully saturated rings. The number of fused-ring (bicyclic) bond motifs is 1. The third-order valence-corrected chi connectivity index (χ3v) is 9.27. The molecule has 12 heteroatoms. The maximum Gasteiger partial charge on any atom is 0.332 e. The van der Waals surface area contributed by atoms with Crippen LogP contribution in [-0.2, 0) is 32.1 Å². The zero-order valence-corrected chi connectivity index (χ0v) is 24.9. The number of aliphatic hydroxyl groups is 1. The van der Waals surface area contributed by atoms with Gasteiger partial charge in [0.15, 0.2) is 11.2 Å². The van der Waals surface area contributed by atoms with Gasteiger partial charge in [-0.05, 0) is 31.4 Å². The van der Waals surface area contributed by atoms with E-state index in [0.717, 1.165) is 30.1 Å². The third-order valence-electron chi connectivity index (χ3n) is 7.56. The van der Waals surface area contributed by atoms with E-state index in [0.29, 0.717) is 35.8 Å². The molecule has 3 aromatic heterocycles. The van der Waals surface area contributed by atoms with Crippen molar-refractivity contribution in [1.82, 2.24) is 28.5 Å². The van der Waals surface area contributed by atoms with Gasteiger partial charge in [0.2, 0.25) is 5.95 Å². The quantitative estimate of drug-likeness (QED) is 0.224. The molecule has 40 heavy (non-hydrogen) atoms. The Morgan fingerprint density at radius 3 is 2.52 bits per heavy atom. The molecule has 0 unspecified atom stereocenters. The van der Waals surface area contributed by atoms with Crippen molar-refractivity contribution in [3.8, 4) is 11.3 Å². The zero-order valence-electron chi connectivity index (χ0n) is 23.9. The zero-order chi connectivity index (χ0) is 28.6. The average Bonchev–Trinajstić information content (AvgIpc) is 3.61. The number of rotatable bonds is 10. The molecule has 1 aromatic carbocycles. The third kappa shape index (κ3) is 5.84. The van der Waals surface area contributed by atoms with Crippen molar-refractivity contribution in [3.05, 3.63) is 62.9 Å². The van der Waals surface area contributed by atoms with Gasteiger partial charge in [-0.25, -0.2) is 9.48 Å².